The number of para-hydroxylation sites is 1. The molecule has 0 saturated heterocycles. The molecule has 0 spiro atoms. The molecular formula is C24H25N5O. The summed E-state index contributed by atoms with van der Waals surface area (Å²) in [5.41, 5.74) is 5.59. The Bertz CT molecular complexity index is 1240. The molecule has 0 atom stereocenters. The normalized spacial score (nSPS) is 11.0. The van der Waals surface area contributed by atoms with Gasteiger partial charge in [0.2, 0.25) is 0 Å². The molecule has 0 bridgehead atoms. The number of aryl methyl sites for hydroxylation is 3. The lowest BCUT2D eigenvalue weighted by Crippen LogP contribution is -2.16. The van der Waals surface area contributed by atoms with Crippen LogP contribution in [-0.4, -0.2) is 34.8 Å². The Hall–Kier alpha value is -3.67. The van der Waals surface area contributed by atoms with E-state index in [0.29, 0.717) is 17.2 Å². The second-order valence-corrected chi connectivity index (χ2v) is 7.75. The van der Waals surface area contributed by atoms with Gasteiger partial charge in [0.25, 0.3) is 5.91 Å². The summed E-state index contributed by atoms with van der Waals surface area (Å²) in [6.07, 6.45) is 0. The van der Waals surface area contributed by atoms with Crippen LogP contribution in [0.2, 0.25) is 0 Å². The zero-order valence-electron chi connectivity index (χ0n) is 17.9. The zero-order chi connectivity index (χ0) is 21.4. The minimum absolute atomic E-state index is 0.185. The SMILES string of the molecule is Cc1cc(NC(=O)c2ccc(N(C)C)cc2)n(-c2cc(C)c3cccc(C)c3n2)n1. The monoisotopic (exact) mass is 399 g/mol. The molecule has 0 saturated carbocycles. The maximum Gasteiger partial charge on any atom is 0.256 e. The number of fused-ring (bicyclic) bond motifs is 1. The van der Waals surface area contributed by atoms with Crippen LogP contribution in [0.3, 0.4) is 0 Å². The summed E-state index contributed by atoms with van der Waals surface area (Å²) in [5.74, 6) is 1.09. The first-order valence-electron chi connectivity index (χ1n) is 9.86. The van der Waals surface area contributed by atoms with Gasteiger partial charge in [-0.1, -0.05) is 18.2 Å². The fourth-order valence-corrected chi connectivity index (χ4v) is 3.51. The predicted molar refractivity (Wildman–Crippen MR) is 122 cm³/mol. The van der Waals surface area contributed by atoms with Crippen LogP contribution >= 0.6 is 0 Å². The number of carbonyl (C=O) groups excluding carboxylic acids is 1. The van der Waals surface area contributed by atoms with Gasteiger partial charge in [0.15, 0.2) is 5.82 Å². The zero-order valence-corrected chi connectivity index (χ0v) is 17.9. The molecule has 30 heavy (non-hydrogen) atoms. The van der Waals surface area contributed by atoms with Gasteiger partial charge in [-0.15, -0.1) is 0 Å². The molecule has 0 aliphatic heterocycles. The van der Waals surface area contributed by atoms with Crippen LogP contribution in [0.1, 0.15) is 27.2 Å². The predicted octanol–water partition coefficient (Wildman–Crippen LogP) is 4.66. The Labute approximate surface area is 176 Å². The number of anilines is 2. The van der Waals surface area contributed by atoms with E-state index in [2.05, 4.69) is 23.4 Å². The minimum Gasteiger partial charge on any atom is -0.378 e. The Morgan fingerprint density at radius 2 is 1.70 bits per heavy atom. The van der Waals surface area contributed by atoms with Crippen molar-refractivity contribution >= 4 is 28.3 Å². The molecule has 1 N–H and O–H groups in total. The molecule has 6 nitrogen and oxygen atoms in total. The van der Waals surface area contributed by atoms with E-state index in [1.807, 2.05) is 81.4 Å². The number of nitrogens with one attached hydrogen (secondary N) is 1. The van der Waals surface area contributed by atoms with Crippen molar-refractivity contribution in [1.29, 1.82) is 0 Å². The van der Waals surface area contributed by atoms with E-state index in [9.17, 15) is 4.79 Å². The van der Waals surface area contributed by atoms with Gasteiger partial charge < -0.3 is 10.2 Å². The molecule has 2 aromatic carbocycles. The van der Waals surface area contributed by atoms with E-state index in [1.165, 1.54) is 0 Å². The summed E-state index contributed by atoms with van der Waals surface area (Å²) >= 11 is 0. The maximum atomic E-state index is 12.8. The summed E-state index contributed by atoms with van der Waals surface area (Å²) in [7, 11) is 3.94. The van der Waals surface area contributed by atoms with Gasteiger partial charge in [0.05, 0.1) is 11.2 Å². The third-order valence-electron chi connectivity index (χ3n) is 5.17. The quantitative estimate of drug-likeness (QED) is 0.542. The van der Waals surface area contributed by atoms with Crippen molar-refractivity contribution in [1.82, 2.24) is 14.8 Å². The molecule has 4 aromatic rings. The fourth-order valence-electron chi connectivity index (χ4n) is 3.51. The lowest BCUT2D eigenvalue weighted by atomic mass is 10.1. The summed E-state index contributed by atoms with van der Waals surface area (Å²) in [5, 5.41) is 8.68. The van der Waals surface area contributed by atoms with Crippen molar-refractivity contribution in [3.8, 4) is 5.82 Å². The van der Waals surface area contributed by atoms with Crippen molar-refractivity contribution in [3.63, 3.8) is 0 Å². The third-order valence-corrected chi connectivity index (χ3v) is 5.17. The van der Waals surface area contributed by atoms with Crippen LogP contribution in [0.25, 0.3) is 16.7 Å². The van der Waals surface area contributed by atoms with Crippen molar-refractivity contribution < 1.29 is 4.79 Å². The van der Waals surface area contributed by atoms with Crippen LogP contribution in [0.15, 0.2) is 54.6 Å². The smallest absolute Gasteiger partial charge is 0.256 e. The number of rotatable bonds is 4. The first-order valence-corrected chi connectivity index (χ1v) is 9.86. The van der Waals surface area contributed by atoms with Crippen LogP contribution in [-0.2, 0) is 0 Å². The van der Waals surface area contributed by atoms with Crippen molar-refractivity contribution in [3.05, 3.63) is 77.0 Å². The van der Waals surface area contributed by atoms with Gasteiger partial charge >= 0.3 is 0 Å². The molecule has 152 valence electrons. The molecule has 2 aromatic heterocycles. The highest BCUT2D eigenvalue weighted by atomic mass is 16.1. The number of nitrogens with zero attached hydrogens (tertiary/aromatic N) is 4. The van der Waals surface area contributed by atoms with E-state index < -0.39 is 0 Å². The average Bonchev–Trinajstić information content (AvgIpc) is 3.08. The maximum absolute atomic E-state index is 12.8. The number of aromatic nitrogens is 3. The van der Waals surface area contributed by atoms with Gasteiger partial charge in [0.1, 0.15) is 5.82 Å². The summed E-state index contributed by atoms with van der Waals surface area (Å²) in [4.78, 5) is 19.7. The first kappa shape index (κ1) is 19.6. The number of amides is 1. The number of carbonyl (C=O) groups is 1. The molecule has 4 rings (SSSR count). The van der Waals surface area contributed by atoms with Gasteiger partial charge in [-0.3, -0.25) is 4.79 Å². The second-order valence-electron chi connectivity index (χ2n) is 7.75. The Morgan fingerprint density at radius 3 is 2.40 bits per heavy atom. The molecule has 0 aliphatic carbocycles. The Balaban J connectivity index is 1.70. The number of hydrogen-bond acceptors (Lipinski definition) is 4. The van der Waals surface area contributed by atoms with Crippen LogP contribution in [0.4, 0.5) is 11.5 Å². The highest BCUT2D eigenvalue weighted by Crippen LogP contribution is 2.25. The lowest BCUT2D eigenvalue weighted by molar-refractivity contribution is 0.102. The van der Waals surface area contributed by atoms with Crippen LogP contribution in [0, 0.1) is 20.8 Å². The number of pyridine rings is 1. The summed E-state index contributed by atoms with van der Waals surface area (Å²) in [6, 6.07) is 17.5. The Kier molecular flexibility index (Phi) is 4.99. The number of benzene rings is 2. The topological polar surface area (TPSA) is 63.1 Å². The molecule has 0 unspecified atom stereocenters. The van der Waals surface area contributed by atoms with E-state index in [4.69, 9.17) is 4.98 Å². The Morgan fingerprint density at radius 1 is 0.967 bits per heavy atom. The van der Waals surface area contributed by atoms with Crippen molar-refractivity contribution in [2.45, 2.75) is 20.8 Å². The van der Waals surface area contributed by atoms with E-state index in [0.717, 1.165) is 33.4 Å². The van der Waals surface area contributed by atoms with Crippen molar-refractivity contribution in [2.24, 2.45) is 0 Å². The highest BCUT2D eigenvalue weighted by molar-refractivity contribution is 6.04. The molecule has 0 radical (unpaired) electrons. The van der Waals surface area contributed by atoms with E-state index >= 15 is 0 Å². The number of hydrogen-bond donors (Lipinski definition) is 1. The molecule has 0 fully saturated rings. The molecular weight excluding hydrogens is 374 g/mol. The van der Waals surface area contributed by atoms with E-state index in [1.54, 1.807) is 4.68 Å². The standard InChI is InChI=1S/C24H25N5O/c1-15-7-6-8-20-16(2)13-21(25-23(15)20)29-22(14-17(3)27-29)26-24(30)18-9-11-19(12-10-18)28(4)5/h6-14H,1-5H3,(H,26,30). The summed E-state index contributed by atoms with van der Waals surface area (Å²) in [6.45, 7) is 6.01. The highest BCUT2D eigenvalue weighted by Gasteiger charge is 2.15. The molecule has 6 heteroatoms. The van der Waals surface area contributed by atoms with Crippen LogP contribution < -0.4 is 10.2 Å². The largest absolute Gasteiger partial charge is 0.378 e. The third kappa shape index (κ3) is 3.64. The van der Waals surface area contributed by atoms with Crippen LogP contribution in [0.5, 0.6) is 0 Å². The summed E-state index contributed by atoms with van der Waals surface area (Å²) < 4.78 is 1.69. The van der Waals surface area contributed by atoms with Gasteiger partial charge in [-0.25, -0.2) is 4.98 Å². The molecule has 1 amide bonds. The molecule has 2 heterocycles. The average molecular weight is 399 g/mol. The van der Waals surface area contributed by atoms with E-state index in [-0.39, 0.29) is 5.91 Å². The fraction of sp³-hybridized carbons (Fsp3) is 0.208. The van der Waals surface area contributed by atoms with Gasteiger partial charge in [-0.2, -0.15) is 9.78 Å². The lowest BCUT2D eigenvalue weighted by Gasteiger charge is -2.13. The second kappa shape index (κ2) is 7.63. The van der Waals surface area contributed by atoms with Gasteiger partial charge in [0, 0.05) is 36.8 Å². The van der Waals surface area contributed by atoms with Crippen molar-refractivity contribution in [2.75, 3.05) is 24.3 Å². The minimum atomic E-state index is -0.185. The molecule has 0 aliphatic rings. The van der Waals surface area contributed by atoms with Gasteiger partial charge in [-0.05, 0) is 62.2 Å². The first-order chi connectivity index (χ1) is 14.3.